The van der Waals surface area contributed by atoms with E-state index in [-0.39, 0.29) is 38.5 Å². The molecule has 19 nitrogen and oxygen atoms in total. The number of alkyl carbamates (subject to hydrolysis) is 4. The average Bonchev–Trinajstić information content (AvgIpc) is 0.715. The Balaban J connectivity index is 1.35. The topological polar surface area (TPSA) is 234 Å². The minimum absolute atomic E-state index is 0.0810. The Labute approximate surface area is 576 Å². The van der Waals surface area contributed by atoms with Gasteiger partial charge in [-0.15, -0.1) is 0 Å². The summed E-state index contributed by atoms with van der Waals surface area (Å²) in [5.41, 5.74) is -4.12. The van der Waals surface area contributed by atoms with Crippen molar-refractivity contribution in [2.45, 2.75) is 152 Å². The second-order valence-corrected chi connectivity index (χ2v) is 26.4. The van der Waals surface area contributed by atoms with Gasteiger partial charge in [0.25, 0.3) is 0 Å². The molecular formula is C60H64F26N4O15. The largest absolute Gasteiger partial charge is 0.481 e. The molecule has 0 saturated heterocycles. The third kappa shape index (κ3) is 21.5. The van der Waals surface area contributed by atoms with Gasteiger partial charge in [0.2, 0.25) is 58.2 Å². The fourth-order valence-corrected chi connectivity index (χ4v) is 11.5. The number of rotatable bonds is 34. The molecule has 0 heterocycles. The van der Waals surface area contributed by atoms with E-state index in [0.717, 1.165) is 0 Å². The van der Waals surface area contributed by atoms with Gasteiger partial charge >= 0.3 is 83.7 Å². The molecule has 6 unspecified atom stereocenters. The summed E-state index contributed by atoms with van der Waals surface area (Å²) in [7, 11) is 0. The highest BCUT2D eigenvalue weighted by molar-refractivity contribution is 5.81. The SMILES string of the molecule is C=CC(=O)OCC(COCC(COC(=O)C=C)OC(=O)NCC1(C)CC(NC(=O)OCC(F)(F)C(F)(F)C(F)(F)C(F)(F)COc2c(F)c(F)c(F)c(F)c2F)CC(C)(C)C1)OC(=O)NCC1(C)CC(NC(=O)OCC(F)(F)C(F)(F)C(F)(F)C(F)(F)COc2c(F)c(F)c(F)c(F)c2F)CC(C)(C)C1. The maximum absolute atomic E-state index is 14.8. The number of carbonyl (C=O) groups excluding carboxylic acids is 6. The first kappa shape index (κ1) is 89.1. The lowest BCUT2D eigenvalue weighted by Gasteiger charge is -2.46. The van der Waals surface area contributed by atoms with Crippen molar-refractivity contribution < 1.29 is 186 Å². The van der Waals surface area contributed by atoms with Crippen LogP contribution < -0.4 is 30.7 Å². The van der Waals surface area contributed by atoms with Crippen LogP contribution >= 0.6 is 0 Å². The predicted molar refractivity (Wildman–Crippen MR) is 301 cm³/mol. The first-order chi connectivity index (χ1) is 47.7. The molecule has 2 aromatic rings. The first-order valence-corrected chi connectivity index (χ1v) is 29.9. The van der Waals surface area contributed by atoms with Crippen molar-refractivity contribution in [3.8, 4) is 11.5 Å². The molecule has 0 bridgehead atoms. The van der Waals surface area contributed by atoms with Gasteiger partial charge < -0.3 is 63.9 Å². The maximum Gasteiger partial charge on any atom is 0.407 e. The van der Waals surface area contributed by atoms with Gasteiger partial charge in [0.15, 0.2) is 50.1 Å². The lowest BCUT2D eigenvalue weighted by molar-refractivity contribution is -0.372. The van der Waals surface area contributed by atoms with Crippen LogP contribution in [0.2, 0.25) is 0 Å². The maximum atomic E-state index is 14.8. The molecule has 0 spiro atoms. The predicted octanol–water partition coefficient (Wildman–Crippen LogP) is 13.9. The van der Waals surface area contributed by atoms with E-state index in [9.17, 15) is 143 Å². The van der Waals surface area contributed by atoms with E-state index in [1.165, 1.54) is 13.8 Å². The summed E-state index contributed by atoms with van der Waals surface area (Å²) in [5.74, 6) is -91.9. The van der Waals surface area contributed by atoms with Crippen LogP contribution in [0, 0.1) is 79.8 Å². The van der Waals surface area contributed by atoms with Gasteiger partial charge in [-0.1, -0.05) is 54.7 Å². The van der Waals surface area contributed by atoms with Gasteiger partial charge in [-0.05, 0) is 60.2 Å². The van der Waals surface area contributed by atoms with Crippen LogP contribution in [0.3, 0.4) is 0 Å². The standard InChI is InChI=1S/C60H64F26N4O15/c1-9-31(91)98-17-29(104-45(93)87-21-51(7)13-27(11-49(3,4)19-51)89-47(95)102-25-55(75,76)59(83,84)57(79,80)53(71,72)23-100-43-39(67)35(63)33(61)36(64)40(43)68)15-97-16-30(18-99-32(92)10-2)105-46(94)88-22-52(8)14-28(12-50(5,6)20-52)90-48(96)103-26-56(77,78)60(85,86)58(81,82)54(73,74)24-101-44-41(69)37(65)34(62)38(66)42(44)70/h9-10,27-30H,1-2,11-26H2,3-8H3,(H,87,93)(H,88,94)(H,89,95)(H,90,96). The Kier molecular flexibility index (Phi) is 28.2. The van der Waals surface area contributed by atoms with Crippen LogP contribution in [0.5, 0.6) is 11.5 Å². The fraction of sp³-hybridized carbons (Fsp3) is 0.633. The Morgan fingerprint density at radius 1 is 0.400 bits per heavy atom. The summed E-state index contributed by atoms with van der Waals surface area (Å²) in [5, 5.41) is 8.78. The molecule has 105 heavy (non-hydrogen) atoms. The van der Waals surface area contributed by atoms with Crippen LogP contribution in [-0.2, 0) is 42.7 Å². The molecule has 2 fully saturated rings. The van der Waals surface area contributed by atoms with Crippen LogP contribution in [0.1, 0.15) is 80.1 Å². The number of hydrogen-bond donors (Lipinski definition) is 4. The highest BCUT2D eigenvalue weighted by atomic mass is 19.4. The van der Waals surface area contributed by atoms with E-state index in [2.05, 4.69) is 42.7 Å². The molecule has 2 aromatic carbocycles. The number of benzene rings is 2. The van der Waals surface area contributed by atoms with Gasteiger partial charge in [-0.25, -0.2) is 55.1 Å². The second kappa shape index (κ2) is 33.2. The van der Waals surface area contributed by atoms with E-state index in [1.54, 1.807) is 27.7 Å². The number of hydrogen-bond acceptors (Lipinski definition) is 15. The average molecular weight is 1580 g/mol. The monoisotopic (exact) mass is 1570 g/mol. The minimum Gasteiger partial charge on any atom is -0.481 e. The molecule has 45 heteroatoms. The lowest BCUT2D eigenvalue weighted by atomic mass is 9.62. The van der Waals surface area contributed by atoms with Gasteiger partial charge in [0.1, 0.15) is 13.2 Å². The number of ether oxygens (including phenoxy) is 9. The van der Waals surface area contributed by atoms with Crippen LogP contribution in [0.15, 0.2) is 25.3 Å². The summed E-state index contributed by atoms with van der Waals surface area (Å²) in [6.45, 7) is -1.10. The fourth-order valence-electron chi connectivity index (χ4n) is 11.5. The van der Waals surface area contributed by atoms with E-state index >= 15 is 0 Å². The lowest BCUT2D eigenvalue weighted by Crippen LogP contribution is -2.65. The Morgan fingerprint density at radius 3 is 0.943 bits per heavy atom. The quantitative estimate of drug-likeness (QED) is 0.0127. The third-order valence-corrected chi connectivity index (χ3v) is 15.7. The summed E-state index contributed by atoms with van der Waals surface area (Å²) in [6, 6.07) is -2.41. The number of halogens is 26. The van der Waals surface area contributed by atoms with Crippen molar-refractivity contribution in [3.63, 3.8) is 0 Å². The molecule has 0 aromatic heterocycles. The van der Waals surface area contributed by atoms with Crippen LogP contribution in [0.4, 0.5) is 133 Å². The zero-order chi connectivity index (χ0) is 80.6. The number of esters is 2. The van der Waals surface area contributed by atoms with Gasteiger partial charge in [-0.2, -0.15) is 87.8 Å². The summed E-state index contributed by atoms with van der Waals surface area (Å²) >= 11 is 0. The molecule has 0 aliphatic heterocycles. The molecular weight excluding hydrogens is 1510 g/mol. The van der Waals surface area contributed by atoms with Crippen molar-refractivity contribution in [1.82, 2.24) is 21.3 Å². The zero-order valence-corrected chi connectivity index (χ0v) is 55.1. The molecule has 4 rings (SSSR count). The van der Waals surface area contributed by atoms with Crippen molar-refractivity contribution in [3.05, 3.63) is 83.5 Å². The Morgan fingerprint density at radius 2 is 0.667 bits per heavy atom. The van der Waals surface area contributed by atoms with Crippen LogP contribution in [0.25, 0.3) is 0 Å². The molecule has 2 aliphatic rings. The van der Waals surface area contributed by atoms with E-state index in [0.29, 0.717) is 12.2 Å². The van der Waals surface area contributed by atoms with Gasteiger partial charge in [0, 0.05) is 37.3 Å². The second-order valence-electron chi connectivity index (χ2n) is 26.4. The van der Waals surface area contributed by atoms with E-state index in [4.69, 9.17) is 23.7 Å². The smallest absolute Gasteiger partial charge is 0.407 e. The number of carbonyl (C=O) groups is 6. The molecule has 2 aliphatic carbocycles. The first-order valence-electron chi connectivity index (χ1n) is 29.9. The molecule has 2 saturated carbocycles. The summed E-state index contributed by atoms with van der Waals surface area (Å²) < 4.78 is 411. The normalized spacial score (nSPS) is 20.1. The molecule has 6 atom stereocenters. The van der Waals surface area contributed by atoms with Crippen molar-refractivity contribution in [1.29, 1.82) is 0 Å². The molecule has 0 radical (unpaired) electrons. The number of amides is 4. The van der Waals surface area contributed by atoms with Crippen molar-refractivity contribution in [2.24, 2.45) is 21.7 Å². The van der Waals surface area contributed by atoms with Gasteiger partial charge in [0.05, 0.1) is 13.2 Å². The summed E-state index contributed by atoms with van der Waals surface area (Å²) in [6.07, 6.45) is -8.80. The molecule has 4 amide bonds. The Bertz CT molecular complexity index is 3240. The third-order valence-electron chi connectivity index (χ3n) is 15.7. The van der Waals surface area contributed by atoms with E-state index in [1.807, 2.05) is 10.6 Å². The summed E-state index contributed by atoms with van der Waals surface area (Å²) in [4.78, 5) is 76.1. The highest BCUT2D eigenvalue weighted by Gasteiger charge is 2.82. The number of nitrogens with one attached hydrogen (secondary N) is 4. The molecule has 4 N–H and O–H groups in total. The van der Waals surface area contributed by atoms with E-state index < -0.39 is 265 Å². The zero-order valence-electron chi connectivity index (χ0n) is 55.1. The van der Waals surface area contributed by atoms with Crippen molar-refractivity contribution >= 4 is 36.3 Å². The van der Waals surface area contributed by atoms with Gasteiger partial charge in [-0.3, -0.25) is 0 Å². The van der Waals surface area contributed by atoms with Crippen molar-refractivity contribution in [2.75, 3.05) is 65.9 Å². The number of alkyl halides is 16. The molecule has 596 valence electrons. The Hall–Kier alpha value is -8.32. The minimum atomic E-state index is -7.29. The van der Waals surface area contributed by atoms with Crippen LogP contribution in [-0.4, -0.2) is 174 Å². The highest BCUT2D eigenvalue weighted by Crippen LogP contribution is 2.55.